The fourth-order valence-corrected chi connectivity index (χ4v) is 3.80. The van der Waals surface area contributed by atoms with Crippen molar-refractivity contribution in [1.82, 2.24) is 4.90 Å². The van der Waals surface area contributed by atoms with Gasteiger partial charge in [-0.25, -0.2) is 9.18 Å². The number of hydrogen-bond donors (Lipinski definition) is 0. The minimum atomic E-state index is -0.369. The van der Waals surface area contributed by atoms with Gasteiger partial charge in [0.1, 0.15) is 11.4 Å². The second kappa shape index (κ2) is 6.83. The highest BCUT2D eigenvalue weighted by molar-refractivity contribution is 5.84. The summed E-state index contributed by atoms with van der Waals surface area (Å²) in [6, 6.07) is 11.7. The lowest BCUT2D eigenvalue weighted by molar-refractivity contribution is 0.174. The molecule has 0 atom stereocenters. The Morgan fingerprint density at radius 2 is 1.64 bits per heavy atom. The fourth-order valence-electron chi connectivity index (χ4n) is 3.80. The molecule has 3 aromatic rings. The highest BCUT2D eigenvalue weighted by atomic mass is 19.1. The normalized spacial score (nSPS) is 16.7. The van der Waals surface area contributed by atoms with E-state index >= 15 is 0 Å². The third-order valence-electron chi connectivity index (χ3n) is 5.28. The lowest BCUT2D eigenvalue weighted by Crippen LogP contribution is -2.46. The standard InChI is InChI=1S/C21H19FN2O4/c22-15-1-3-16(4-2-15)24-7-5-23(6-8-24)12-14-9-21(25)28-18-11-20-19(10-17(14)18)26-13-27-20/h1-4,9-11H,5-8,12-13H2. The molecule has 5 rings (SSSR count). The van der Waals surface area contributed by atoms with Gasteiger partial charge in [-0.3, -0.25) is 4.90 Å². The molecule has 0 spiro atoms. The van der Waals surface area contributed by atoms with Crippen molar-refractivity contribution in [3.8, 4) is 11.5 Å². The first-order valence-electron chi connectivity index (χ1n) is 9.25. The average molecular weight is 382 g/mol. The van der Waals surface area contributed by atoms with Crippen molar-refractivity contribution < 1.29 is 18.3 Å². The molecular formula is C21H19FN2O4. The van der Waals surface area contributed by atoms with E-state index in [9.17, 15) is 9.18 Å². The molecule has 1 saturated heterocycles. The maximum Gasteiger partial charge on any atom is 0.336 e. The van der Waals surface area contributed by atoms with E-state index < -0.39 is 0 Å². The zero-order valence-electron chi connectivity index (χ0n) is 15.2. The number of rotatable bonds is 3. The van der Waals surface area contributed by atoms with Crippen molar-refractivity contribution in [2.75, 3.05) is 37.9 Å². The quantitative estimate of drug-likeness (QED) is 0.649. The molecule has 6 nitrogen and oxygen atoms in total. The molecule has 3 heterocycles. The summed E-state index contributed by atoms with van der Waals surface area (Å²) in [5.41, 5.74) is 2.09. The number of benzene rings is 2. The van der Waals surface area contributed by atoms with Crippen LogP contribution >= 0.6 is 0 Å². The zero-order chi connectivity index (χ0) is 19.1. The van der Waals surface area contributed by atoms with Gasteiger partial charge in [0.2, 0.25) is 6.79 Å². The molecule has 7 heteroatoms. The van der Waals surface area contributed by atoms with Crippen LogP contribution in [0.5, 0.6) is 11.5 Å². The van der Waals surface area contributed by atoms with Gasteiger partial charge in [0.15, 0.2) is 11.5 Å². The lowest BCUT2D eigenvalue weighted by Gasteiger charge is -2.36. The number of piperazine rings is 1. The van der Waals surface area contributed by atoms with Crippen LogP contribution in [0, 0.1) is 5.82 Å². The molecule has 0 bridgehead atoms. The van der Waals surface area contributed by atoms with Gasteiger partial charge in [-0.1, -0.05) is 0 Å². The van der Waals surface area contributed by atoms with Gasteiger partial charge in [0.25, 0.3) is 0 Å². The number of fused-ring (bicyclic) bond motifs is 2. The van der Waals surface area contributed by atoms with E-state index in [1.54, 1.807) is 12.1 Å². The van der Waals surface area contributed by atoms with E-state index in [0.29, 0.717) is 23.6 Å². The fraction of sp³-hybridized carbons (Fsp3) is 0.286. The van der Waals surface area contributed by atoms with E-state index in [0.717, 1.165) is 42.8 Å². The van der Waals surface area contributed by atoms with Gasteiger partial charge in [-0.2, -0.15) is 0 Å². The molecule has 0 saturated carbocycles. The monoisotopic (exact) mass is 382 g/mol. The van der Waals surface area contributed by atoms with Crippen LogP contribution in [0.2, 0.25) is 0 Å². The molecule has 1 aromatic heterocycles. The summed E-state index contributed by atoms with van der Waals surface area (Å²) >= 11 is 0. The Morgan fingerprint density at radius 3 is 2.39 bits per heavy atom. The number of anilines is 1. The topological polar surface area (TPSA) is 55.2 Å². The highest BCUT2D eigenvalue weighted by Gasteiger charge is 2.21. The van der Waals surface area contributed by atoms with Gasteiger partial charge in [-0.05, 0) is 35.9 Å². The van der Waals surface area contributed by atoms with Crippen molar-refractivity contribution in [1.29, 1.82) is 0 Å². The van der Waals surface area contributed by atoms with Gasteiger partial charge in [0.05, 0.1) is 0 Å². The summed E-state index contributed by atoms with van der Waals surface area (Å²) in [6.07, 6.45) is 0. The van der Waals surface area contributed by atoms with Crippen LogP contribution in [0.25, 0.3) is 11.0 Å². The molecule has 28 heavy (non-hydrogen) atoms. The SMILES string of the molecule is O=c1cc(CN2CCN(c3ccc(F)cc3)CC2)c2cc3c(cc2o1)OCO3. The third-order valence-corrected chi connectivity index (χ3v) is 5.28. The van der Waals surface area contributed by atoms with Crippen LogP contribution in [0.1, 0.15) is 5.56 Å². The van der Waals surface area contributed by atoms with E-state index in [-0.39, 0.29) is 18.2 Å². The predicted octanol–water partition coefficient (Wildman–Crippen LogP) is 2.98. The maximum atomic E-state index is 13.1. The second-order valence-electron chi connectivity index (χ2n) is 7.03. The van der Waals surface area contributed by atoms with Crippen molar-refractivity contribution in [3.63, 3.8) is 0 Å². The van der Waals surface area contributed by atoms with Gasteiger partial charge in [0, 0.05) is 55.9 Å². The highest BCUT2D eigenvalue weighted by Crippen LogP contribution is 2.37. The number of ether oxygens (including phenoxy) is 2. The predicted molar refractivity (Wildman–Crippen MR) is 102 cm³/mol. The Labute approximate surface area is 160 Å². The minimum Gasteiger partial charge on any atom is -0.454 e. The van der Waals surface area contributed by atoms with Crippen molar-refractivity contribution in [3.05, 3.63) is 64.3 Å². The van der Waals surface area contributed by atoms with Crippen LogP contribution in [0.3, 0.4) is 0 Å². The Hall–Kier alpha value is -3.06. The molecule has 0 unspecified atom stereocenters. The Balaban J connectivity index is 1.35. The molecule has 2 aliphatic rings. The first-order chi connectivity index (χ1) is 13.7. The minimum absolute atomic E-state index is 0.177. The first-order valence-corrected chi connectivity index (χ1v) is 9.25. The van der Waals surface area contributed by atoms with Crippen molar-refractivity contribution >= 4 is 16.7 Å². The molecule has 0 amide bonds. The second-order valence-corrected chi connectivity index (χ2v) is 7.03. The van der Waals surface area contributed by atoms with Gasteiger partial charge in [-0.15, -0.1) is 0 Å². The summed E-state index contributed by atoms with van der Waals surface area (Å²) in [5, 5.41) is 0.866. The summed E-state index contributed by atoms with van der Waals surface area (Å²) in [5.74, 6) is 1.04. The smallest absolute Gasteiger partial charge is 0.336 e. The van der Waals surface area contributed by atoms with E-state index in [1.165, 1.54) is 12.1 Å². The first kappa shape index (κ1) is 17.1. The maximum absolute atomic E-state index is 13.1. The Bertz CT molecular complexity index is 1070. The van der Waals surface area contributed by atoms with Crippen molar-refractivity contribution in [2.24, 2.45) is 0 Å². The van der Waals surface area contributed by atoms with E-state index in [1.807, 2.05) is 18.2 Å². The summed E-state index contributed by atoms with van der Waals surface area (Å²) < 4.78 is 29.3. The summed E-state index contributed by atoms with van der Waals surface area (Å²) in [6.45, 7) is 4.22. The average Bonchev–Trinajstić information content (AvgIpc) is 3.15. The molecular weight excluding hydrogens is 363 g/mol. The van der Waals surface area contributed by atoms with Crippen LogP contribution in [-0.4, -0.2) is 37.9 Å². The number of nitrogens with zero attached hydrogens (tertiary/aromatic N) is 2. The molecule has 0 aliphatic carbocycles. The summed E-state index contributed by atoms with van der Waals surface area (Å²) in [4.78, 5) is 16.6. The molecule has 2 aromatic carbocycles. The van der Waals surface area contributed by atoms with Gasteiger partial charge >= 0.3 is 5.63 Å². The molecule has 144 valence electrons. The number of halogens is 1. The molecule has 1 fully saturated rings. The van der Waals surface area contributed by atoms with Crippen molar-refractivity contribution in [2.45, 2.75) is 6.54 Å². The zero-order valence-corrected chi connectivity index (χ0v) is 15.2. The van der Waals surface area contributed by atoms with E-state index in [2.05, 4.69) is 9.80 Å². The number of hydrogen-bond acceptors (Lipinski definition) is 6. The summed E-state index contributed by atoms with van der Waals surface area (Å²) in [7, 11) is 0. The largest absolute Gasteiger partial charge is 0.454 e. The van der Waals surface area contributed by atoms with Gasteiger partial charge < -0.3 is 18.8 Å². The Morgan fingerprint density at radius 1 is 0.929 bits per heavy atom. The van der Waals surface area contributed by atoms with Crippen LogP contribution in [-0.2, 0) is 6.54 Å². The Kier molecular flexibility index (Phi) is 4.16. The van der Waals surface area contributed by atoms with Crippen LogP contribution in [0.15, 0.2) is 51.7 Å². The van der Waals surface area contributed by atoms with Crippen LogP contribution in [0.4, 0.5) is 10.1 Å². The lowest BCUT2D eigenvalue weighted by atomic mass is 10.1. The molecule has 0 radical (unpaired) electrons. The molecule has 2 aliphatic heterocycles. The van der Waals surface area contributed by atoms with E-state index in [4.69, 9.17) is 13.9 Å². The molecule has 0 N–H and O–H groups in total. The van der Waals surface area contributed by atoms with Crippen LogP contribution < -0.4 is 20.0 Å². The third kappa shape index (κ3) is 3.18.